The zero-order valence-electron chi connectivity index (χ0n) is 22.8. The molecule has 1 heterocycles. The maximum atomic E-state index is 14.2. The zero-order valence-corrected chi connectivity index (χ0v) is 23.6. The van der Waals surface area contributed by atoms with E-state index in [0.717, 1.165) is 48.5 Å². The second-order valence-corrected chi connectivity index (χ2v) is 11.2. The van der Waals surface area contributed by atoms with Crippen molar-refractivity contribution in [3.05, 3.63) is 70.2 Å². The molecule has 1 aromatic heterocycles. The highest BCUT2D eigenvalue weighted by molar-refractivity contribution is 7.09. The quantitative estimate of drug-likeness (QED) is 0.361. The average molecular weight is 549 g/mol. The van der Waals surface area contributed by atoms with E-state index in [1.807, 2.05) is 67.5 Å². The van der Waals surface area contributed by atoms with Crippen molar-refractivity contribution in [1.29, 1.82) is 0 Å². The maximum absolute atomic E-state index is 14.2. The summed E-state index contributed by atoms with van der Waals surface area (Å²) in [6.07, 6.45) is 3.91. The second-order valence-electron chi connectivity index (χ2n) is 10.4. The van der Waals surface area contributed by atoms with Crippen LogP contribution in [0.2, 0.25) is 0 Å². The molecule has 9 nitrogen and oxygen atoms in total. The second kappa shape index (κ2) is 11.9. The Morgan fingerprint density at radius 3 is 2.03 bits per heavy atom. The zero-order chi connectivity index (χ0) is 28.3. The van der Waals surface area contributed by atoms with Crippen LogP contribution >= 0.6 is 11.5 Å². The average Bonchev–Trinajstić information content (AvgIpc) is 3.56. The lowest BCUT2D eigenvalue weighted by molar-refractivity contribution is -0.123. The number of nitrogens with one attached hydrogen (secondary N) is 1. The van der Waals surface area contributed by atoms with E-state index >= 15 is 0 Å². The number of benzene rings is 2. The molecule has 1 atom stereocenters. The van der Waals surface area contributed by atoms with E-state index in [1.54, 1.807) is 0 Å². The molecule has 1 fully saturated rings. The number of nitrogens with two attached hydrogens (primary N) is 2. The lowest BCUT2D eigenvalue weighted by Crippen LogP contribution is -2.46. The Kier molecular flexibility index (Phi) is 8.54. The van der Waals surface area contributed by atoms with Gasteiger partial charge in [-0.1, -0.05) is 51.0 Å². The van der Waals surface area contributed by atoms with E-state index in [0.29, 0.717) is 17.2 Å². The highest BCUT2D eigenvalue weighted by Crippen LogP contribution is 2.35. The molecule has 3 aromatic rings. The monoisotopic (exact) mass is 548 g/mol. The summed E-state index contributed by atoms with van der Waals surface area (Å²) in [5.74, 6) is -1.33. The first-order valence-corrected chi connectivity index (χ1v) is 13.9. The van der Waals surface area contributed by atoms with Gasteiger partial charge in [0.05, 0.1) is 5.69 Å². The number of nitrogen functional groups attached to an aromatic ring is 1. The van der Waals surface area contributed by atoms with Crippen molar-refractivity contribution in [2.45, 2.75) is 57.5 Å². The molecular weight excluding hydrogens is 512 g/mol. The molecule has 0 aliphatic heterocycles. The molecule has 0 spiro atoms. The molecular formula is C29H36N6O3S. The molecule has 3 amide bonds. The fraction of sp³-hybridized carbons (Fsp3) is 0.379. The number of amides is 3. The number of nitrogens with zero attached hydrogens (tertiary/aromatic N) is 3. The van der Waals surface area contributed by atoms with Gasteiger partial charge in [0.2, 0.25) is 5.91 Å². The van der Waals surface area contributed by atoms with Crippen LogP contribution in [0.15, 0.2) is 48.5 Å². The van der Waals surface area contributed by atoms with Crippen LogP contribution in [0.3, 0.4) is 0 Å². The molecule has 39 heavy (non-hydrogen) atoms. The van der Waals surface area contributed by atoms with Gasteiger partial charge in [0.1, 0.15) is 10.9 Å². The largest absolute Gasteiger partial charge is 0.395 e. The number of rotatable bonds is 9. The highest BCUT2D eigenvalue weighted by Gasteiger charge is 2.37. The first-order valence-electron chi connectivity index (χ1n) is 13.1. The van der Waals surface area contributed by atoms with Crippen molar-refractivity contribution in [2.24, 2.45) is 5.73 Å². The van der Waals surface area contributed by atoms with Gasteiger partial charge in [0.15, 0.2) is 5.69 Å². The number of carbonyl (C=O) groups is 3. The first-order chi connectivity index (χ1) is 18.6. The van der Waals surface area contributed by atoms with E-state index in [9.17, 15) is 14.4 Å². The minimum Gasteiger partial charge on any atom is -0.395 e. The highest BCUT2D eigenvalue weighted by atomic mass is 32.1. The van der Waals surface area contributed by atoms with Crippen molar-refractivity contribution in [3.8, 4) is 0 Å². The SMILES string of the molecule is CC(C)c1ccc(N(C(=O)c2snc(C(N)=O)c2N)C(C(=O)NC2CCCC2)c2ccc(N(C)C)cc2)cc1. The number of hydrogen-bond donors (Lipinski definition) is 3. The smallest absolute Gasteiger partial charge is 0.273 e. The standard InChI is InChI=1S/C29H36N6O3S/c1-17(2)18-9-15-22(16-10-18)35(29(38)26-23(30)24(27(31)36)33-39-26)25(28(37)32-20-7-5-6-8-20)19-11-13-21(14-12-19)34(3)4/h9-17,20,25H,5-8,30H2,1-4H3,(H2,31,36)(H,32,37). The molecule has 1 aliphatic carbocycles. The molecule has 4 rings (SSSR count). The Bertz CT molecular complexity index is 1330. The number of anilines is 3. The Morgan fingerprint density at radius 2 is 1.51 bits per heavy atom. The third-order valence-corrected chi connectivity index (χ3v) is 8.00. The summed E-state index contributed by atoms with van der Waals surface area (Å²) in [7, 11) is 3.88. The number of primary amides is 1. The minimum atomic E-state index is -0.988. The van der Waals surface area contributed by atoms with Gasteiger partial charge in [-0.25, -0.2) is 0 Å². The fourth-order valence-corrected chi connectivity index (χ4v) is 5.61. The summed E-state index contributed by atoms with van der Waals surface area (Å²) in [6, 6.07) is 14.2. The summed E-state index contributed by atoms with van der Waals surface area (Å²) in [6.45, 7) is 4.18. The van der Waals surface area contributed by atoms with E-state index in [1.165, 1.54) is 4.90 Å². The van der Waals surface area contributed by atoms with Crippen molar-refractivity contribution < 1.29 is 14.4 Å². The molecule has 1 unspecified atom stereocenters. The predicted octanol–water partition coefficient (Wildman–Crippen LogP) is 4.46. The van der Waals surface area contributed by atoms with Gasteiger partial charge in [-0.3, -0.25) is 19.3 Å². The first kappa shape index (κ1) is 28.1. The Hall–Kier alpha value is -3.92. The normalized spacial score (nSPS) is 14.3. The molecule has 2 aromatic carbocycles. The van der Waals surface area contributed by atoms with Crippen LogP contribution in [0.25, 0.3) is 0 Å². The fourth-order valence-electron chi connectivity index (χ4n) is 4.86. The Labute approximate surface area is 233 Å². The lowest BCUT2D eigenvalue weighted by atomic mass is 9.99. The number of carbonyl (C=O) groups excluding carboxylic acids is 3. The van der Waals surface area contributed by atoms with Gasteiger partial charge in [-0.15, -0.1) is 0 Å². The van der Waals surface area contributed by atoms with Gasteiger partial charge in [-0.05, 0) is 65.7 Å². The molecule has 10 heteroatoms. The summed E-state index contributed by atoms with van der Waals surface area (Å²) >= 11 is 0.802. The van der Waals surface area contributed by atoms with Gasteiger partial charge in [0, 0.05) is 31.5 Å². The summed E-state index contributed by atoms with van der Waals surface area (Å²) in [4.78, 5) is 43.5. The minimum absolute atomic E-state index is 0.0521. The van der Waals surface area contributed by atoms with Gasteiger partial charge in [-0.2, -0.15) is 4.37 Å². The van der Waals surface area contributed by atoms with Gasteiger partial charge in [0.25, 0.3) is 11.8 Å². The number of hydrogen-bond acceptors (Lipinski definition) is 7. The molecule has 5 N–H and O–H groups in total. The molecule has 0 saturated heterocycles. The topological polar surface area (TPSA) is 135 Å². The summed E-state index contributed by atoms with van der Waals surface area (Å²) in [5, 5.41) is 3.18. The van der Waals surface area contributed by atoms with Crippen molar-refractivity contribution >= 4 is 46.3 Å². The number of aromatic nitrogens is 1. The Morgan fingerprint density at radius 1 is 0.949 bits per heavy atom. The predicted molar refractivity (Wildman–Crippen MR) is 156 cm³/mol. The third-order valence-electron chi connectivity index (χ3n) is 7.15. The van der Waals surface area contributed by atoms with Crippen LogP contribution in [0, 0.1) is 0 Å². The van der Waals surface area contributed by atoms with Crippen LogP contribution < -0.4 is 26.6 Å². The molecule has 1 saturated carbocycles. The van der Waals surface area contributed by atoms with Crippen LogP contribution in [0.4, 0.5) is 17.1 Å². The molecule has 1 aliphatic rings. The summed E-state index contributed by atoms with van der Waals surface area (Å²) in [5.41, 5.74) is 14.6. The maximum Gasteiger partial charge on any atom is 0.273 e. The van der Waals surface area contributed by atoms with Crippen LogP contribution in [0.1, 0.15) is 82.8 Å². The third kappa shape index (κ3) is 6.06. The van der Waals surface area contributed by atoms with E-state index in [-0.39, 0.29) is 28.2 Å². The van der Waals surface area contributed by atoms with Crippen molar-refractivity contribution in [2.75, 3.05) is 29.6 Å². The van der Waals surface area contributed by atoms with Gasteiger partial charge >= 0.3 is 0 Å². The van der Waals surface area contributed by atoms with Crippen molar-refractivity contribution in [3.63, 3.8) is 0 Å². The van der Waals surface area contributed by atoms with Gasteiger partial charge < -0.3 is 21.7 Å². The van der Waals surface area contributed by atoms with Crippen LogP contribution in [-0.4, -0.2) is 42.2 Å². The van der Waals surface area contributed by atoms with E-state index in [4.69, 9.17) is 11.5 Å². The van der Waals surface area contributed by atoms with E-state index in [2.05, 4.69) is 23.5 Å². The van der Waals surface area contributed by atoms with E-state index < -0.39 is 17.9 Å². The lowest BCUT2D eigenvalue weighted by Gasteiger charge is -2.32. The van der Waals surface area contributed by atoms with Crippen LogP contribution in [-0.2, 0) is 4.79 Å². The van der Waals surface area contributed by atoms with Crippen molar-refractivity contribution in [1.82, 2.24) is 9.69 Å². The molecule has 0 bridgehead atoms. The Balaban J connectivity index is 1.86. The van der Waals surface area contributed by atoms with Crippen LogP contribution in [0.5, 0.6) is 0 Å². The molecule has 0 radical (unpaired) electrons. The molecule has 206 valence electrons. The summed E-state index contributed by atoms with van der Waals surface area (Å²) < 4.78 is 4.03.